The third-order valence-corrected chi connectivity index (χ3v) is 3.96. The Bertz CT molecular complexity index is 513. The molecule has 0 bridgehead atoms. The van der Waals surface area contributed by atoms with Gasteiger partial charge in [0.1, 0.15) is 11.2 Å². The number of rotatable bonds is 10. The van der Waals surface area contributed by atoms with Gasteiger partial charge in [-0.25, -0.2) is 0 Å². The Kier molecular flexibility index (Phi) is 10.7. The van der Waals surface area contributed by atoms with Crippen LogP contribution in [0.2, 0.25) is 0 Å². The van der Waals surface area contributed by atoms with Crippen LogP contribution in [0.3, 0.4) is 0 Å². The van der Waals surface area contributed by atoms with Gasteiger partial charge < -0.3 is 18.9 Å². The fraction of sp³-hybridized carbons (Fsp3) is 0.722. The van der Waals surface area contributed by atoms with E-state index in [9.17, 15) is 14.4 Å². The number of carbonyl (C=O) groups is 3. The Balaban J connectivity index is 6.21. The van der Waals surface area contributed by atoms with E-state index in [0.717, 1.165) is 0 Å². The van der Waals surface area contributed by atoms with Crippen LogP contribution in [0.5, 0.6) is 0 Å². The molecule has 2 atom stereocenters. The van der Waals surface area contributed by atoms with E-state index in [0.29, 0.717) is 6.42 Å². The van der Waals surface area contributed by atoms with Crippen molar-refractivity contribution in [3.05, 3.63) is 0 Å². The number of esters is 2. The first kappa shape index (κ1) is 23.1. The second kappa shape index (κ2) is 11.6. The van der Waals surface area contributed by atoms with Crippen molar-refractivity contribution < 1.29 is 33.3 Å². The molecule has 0 heterocycles. The summed E-state index contributed by atoms with van der Waals surface area (Å²) in [6.07, 6.45) is -0.773. The number of carbonyl (C=O) groups excluding carboxylic acids is 3. The van der Waals surface area contributed by atoms with Crippen molar-refractivity contribution in [2.75, 3.05) is 27.9 Å². The largest absolute Gasteiger partial charge is 0.468 e. The topological polar surface area (TPSA) is 88.1 Å². The Morgan fingerprint density at radius 2 is 1.64 bits per heavy atom. The Labute approximate surface area is 149 Å². The summed E-state index contributed by atoms with van der Waals surface area (Å²) < 4.78 is 20.4. The maximum Gasteiger partial charge on any atom is 0.320 e. The first-order valence-electron chi connectivity index (χ1n) is 8.11. The molecule has 7 heteroatoms. The van der Waals surface area contributed by atoms with Gasteiger partial charge in [0.05, 0.1) is 20.1 Å². The maximum absolute atomic E-state index is 12.6. The fourth-order valence-corrected chi connectivity index (χ4v) is 2.72. The van der Waals surface area contributed by atoms with Crippen LogP contribution in [0.1, 0.15) is 40.0 Å². The van der Waals surface area contributed by atoms with Crippen LogP contribution in [0.4, 0.5) is 0 Å². The number of hydrogen-bond donors (Lipinski definition) is 0. The molecule has 0 aliphatic rings. The summed E-state index contributed by atoms with van der Waals surface area (Å²) in [6.45, 7) is 4.97. The van der Waals surface area contributed by atoms with Crippen LogP contribution >= 0.6 is 0 Å². The van der Waals surface area contributed by atoms with Crippen molar-refractivity contribution >= 4 is 17.7 Å². The van der Waals surface area contributed by atoms with E-state index in [-0.39, 0.29) is 19.4 Å². The summed E-state index contributed by atoms with van der Waals surface area (Å²) in [6, 6.07) is 0. The Morgan fingerprint density at radius 1 is 1.04 bits per heavy atom. The van der Waals surface area contributed by atoms with E-state index in [1.54, 1.807) is 6.92 Å². The van der Waals surface area contributed by atoms with Gasteiger partial charge >= 0.3 is 11.9 Å². The number of ether oxygens (including phenoxy) is 4. The first-order chi connectivity index (χ1) is 11.8. The van der Waals surface area contributed by atoms with Gasteiger partial charge in [-0.05, 0) is 13.8 Å². The standard InChI is InChI=1S/C18H28O7/c1-7-9-10-11-18(13(3)19,17(21)24-6)14(16(22-4)23-5)12-15(20)25-8-2/h14,16H,7-8,11-12H2,1-6H3. The molecule has 0 saturated heterocycles. The maximum atomic E-state index is 12.6. The summed E-state index contributed by atoms with van der Waals surface area (Å²) in [7, 11) is 3.92. The lowest BCUT2D eigenvalue weighted by atomic mass is 9.68. The van der Waals surface area contributed by atoms with Crippen molar-refractivity contribution in [2.24, 2.45) is 11.3 Å². The predicted molar refractivity (Wildman–Crippen MR) is 90.4 cm³/mol. The molecule has 0 radical (unpaired) electrons. The average molecular weight is 356 g/mol. The van der Waals surface area contributed by atoms with E-state index in [4.69, 9.17) is 18.9 Å². The second-order valence-electron chi connectivity index (χ2n) is 5.36. The minimum atomic E-state index is -1.69. The van der Waals surface area contributed by atoms with Crippen molar-refractivity contribution in [2.45, 2.75) is 46.3 Å². The zero-order valence-corrected chi connectivity index (χ0v) is 15.8. The Morgan fingerprint density at radius 3 is 2.04 bits per heavy atom. The van der Waals surface area contributed by atoms with Gasteiger partial charge in [0.25, 0.3) is 0 Å². The molecule has 0 fully saturated rings. The van der Waals surface area contributed by atoms with Crippen LogP contribution in [-0.4, -0.2) is 51.9 Å². The van der Waals surface area contributed by atoms with E-state index < -0.39 is 35.3 Å². The SMILES string of the molecule is CCC#CCC(C(C)=O)(C(=O)OC)C(CC(=O)OCC)C(OC)OC. The number of hydrogen-bond acceptors (Lipinski definition) is 7. The molecule has 25 heavy (non-hydrogen) atoms. The van der Waals surface area contributed by atoms with Gasteiger partial charge in [-0.3, -0.25) is 14.4 Å². The molecular formula is C18H28O7. The predicted octanol–water partition coefficient (Wildman–Crippen LogP) is 1.73. The van der Waals surface area contributed by atoms with Gasteiger partial charge in [0, 0.05) is 33.0 Å². The monoisotopic (exact) mass is 356 g/mol. The first-order valence-corrected chi connectivity index (χ1v) is 8.11. The highest BCUT2D eigenvalue weighted by molar-refractivity contribution is 6.03. The lowest BCUT2D eigenvalue weighted by Crippen LogP contribution is -2.51. The quantitative estimate of drug-likeness (QED) is 0.255. The zero-order valence-electron chi connectivity index (χ0n) is 15.8. The number of ketones is 1. The summed E-state index contributed by atoms with van der Waals surface area (Å²) in [5.41, 5.74) is -1.69. The van der Waals surface area contributed by atoms with Gasteiger partial charge in [-0.1, -0.05) is 6.92 Å². The second-order valence-corrected chi connectivity index (χ2v) is 5.36. The minimum absolute atomic E-state index is 0.101. The van der Waals surface area contributed by atoms with E-state index in [1.807, 2.05) is 6.92 Å². The summed E-state index contributed by atoms with van der Waals surface area (Å²) in [4.78, 5) is 37.2. The molecule has 0 aliphatic carbocycles. The zero-order chi connectivity index (χ0) is 19.5. The van der Waals surface area contributed by atoms with Gasteiger partial charge in [-0.2, -0.15) is 0 Å². The molecule has 7 nitrogen and oxygen atoms in total. The molecule has 2 unspecified atom stereocenters. The number of Topliss-reactive ketones (excluding diaryl/α,β-unsaturated/α-hetero) is 1. The lowest BCUT2D eigenvalue weighted by molar-refractivity contribution is -0.193. The Hall–Kier alpha value is -1.91. The summed E-state index contributed by atoms with van der Waals surface area (Å²) in [5.74, 6) is 2.90. The normalized spacial score (nSPS) is 14.0. The third kappa shape index (κ3) is 5.83. The molecule has 0 spiro atoms. The van der Waals surface area contributed by atoms with Crippen LogP contribution in [-0.2, 0) is 33.3 Å². The molecule has 0 aromatic rings. The number of methoxy groups -OCH3 is 3. The van der Waals surface area contributed by atoms with Crippen LogP contribution in [0.15, 0.2) is 0 Å². The molecule has 0 saturated carbocycles. The molecule has 0 rings (SSSR count). The lowest BCUT2D eigenvalue weighted by Gasteiger charge is -2.37. The van der Waals surface area contributed by atoms with Gasteiger partial charge in [0.15, 0.2) is 6.29 Å². The van der Waals surface area contributed by atoms with Crippen molar-refractivity contribution in [1.29, 1.82) is 0 Å². The average Bonchev–Trinajstić information content (AvgIpc) is 2.58. The van der Waals surface area contributed by atoms with E-state index in [1.165, 1.54) is 28.3 Å². The molecule has 0 aliphatic heterocycles. The van der Waals surface area contributed by atoms with Gasteiger partial charge in [0.2, 0.25) is 0 Å². The molecule has 142 valence electrons. The minimum Gasteiger partial charge on any atom is -0.468 e. The smallest absolute Gasteiger partial charge is 0.320 e. The van der Waals surface area contributed by atoms with E-state index in [2.05, 4.69) is 11.8 Å². The third-order valence-electron chi connectivity index (χ3n) is 3.96. The van der Waals surface area contributed by atoms with Gasteiger partial charge in [-0.15, -0.1) is 11.8 Å². The van der Waals surface area contributed by atoms with Crippen LogP contribution in [0, 0.1) is 23.2 Å². The summed E-state index contributed by atoms with van der Waals surface area (Å²) >= 11 is 0. The molecule has 0 aromatic carbocycles. The molecule has 0 N–H and O–H groups in total. The highest BCUT2D eigenvalue weighted by Gasteiger charge is 2.54. The fourth-order valence-electron chi connectivity index (χ4n) is 2.72. The van der Waals surface area contributed by atoms with Crippen molar-refractivity contribution in [1.82, 2.24) is 0 Å². The van der Waals surface area contributed by atoms with Crippen LogP contribution < -0.4 is 0 Å². The summed E-state index contributed by atoms with van der Waals surface area (Å²) in [5, 5.41) is 0. The highest BCUT2D eigenvalue weighted by atomic mass is 16.7. The molecular weight excluding hydrogens is 328 g/mol. The molecule has 0 amide bonds. The van der Waals surface area contributed by atoms with Crippen LogP contribution in [0.25, 0.3) is 0 Å². The molecule has 0 aromatic heterocycles. The van der Waals surface area contributed by atoms with Crippen molar-refractivity contribution in [3.63, 3.8) is 0 Å². The van der Waals surface area contributed by atoms with Crippen molar-refractivity contribution in [3.8, 4) is 11.8 Å². The van der Waals surface area contributed by atoms with E-state index >= 15 is 0 Å². The highest BCUT2D eigenvalue weighted by Crippen LogP contribution is 2.40.